The highest BCUT2D eigenvalue weighted by atomic mass is 35.5. The summed E-state index contributed by atoms with van der Waals surface area (Å²) in [5.74, 6) is 0.416. The highest BCUT2D eigenvalue weighted by Gasteiger charge is 2.66. The third-order valence-electron chi connectivity index (χ3n) is 17.5. The molecule has 6 N–H and O–H groups in total. The number of ketones is 2. The van der Waals surface area contributed by atoms with Gasteiger partial charge >= 0.3 is 0 Å². The molecule has 10 nitrogen and oxygen atoms in total. The van der Waals surface area contributed by atoms with Crippen molar-refractivity contribution in [2.45, 2.75) is 179 Å². The number of aliphatic hydroxyl groups is 2. The minimum absolute atomic E-state index is 0.0384. The number of halogens is 2. The number of benzene rings is 4. The zero-order valence-corrected chi connectivity index (χ0v) is 45.7. The van der Waals surface area contributed by atoms with Crippen LogP contribution >= 0.6 is 23.2 Å². The van der Waals surface area contributed by atoms with E-state index in [0.717, 1.165) is 97.8 Å². The lowest BCUT2D eigenvalue weighted by Gasteiger charge is -2.37. The number of nitrogens with one attached hydrogen (secondary N) is 4. The number of Topliss-reactive ketones (excluding diaryl/α,β-unsaturated/α-hetero) is 2. The third-order valence-corrected chi connectivity index (χ3v) is 17.9. The number of aliphatic hydroxyl groups excluding tert-OH is 2. The molecule has 396 valence electrons. The summed E-state index contributed by atoms with van der Waals surface area (Å²) in [6.45, 7) is 13.1. The van der Waals surface area contributed by atoms with E-state index in [-0.39, 0.29) is 82.2 Å². The van der Waals surface area contributed by atoms with Crippen LogP contribution in [-0.2, 0) is 42.8 Å². The molecule has 4 aromatic rings. The third kappa shape index (κ3) is 11.2. The summed E-state index contributed by atoms with van der Waals surface area (Å²) in [6.07, 6.45) is 9.81. The number of fused-ring (bicyclic) bond motifs is 4. The second-order valence-corrected chi connectivity index (χ2v) is 26.1. The van der Waals surface area contributed by atoms with E-state index < -0.39 is 22.9 Å². The normalized spacial score (nSPS) is 31.4. The number of hydrogen-bond donors (Lipinski definition) is 6. The summed E-state index contributed by atoms with van der Waals surface area (Å²) in [6, 6.07) is 30.5. The lowest BCUT2D eigenvalue weighted by atomic mass is 9.62. The van der Waals surface area contributed by atoms with Crippen LogP contribution in [0.1, 0.15) is 141 Å². The van der Waals surface area contributed by atoms with Gasteiger partial charge in [0.05, 0.1) is 35.1 Å². The summed E-state index contributed by atoms with van der Waals surface area (Å²) in [5, 5.41) is 34.8. The Kier molecular flexibility index (Phi) is 16.1. The fraction of sp³-hybridized carbons (Fsp3) is 0.548. The van der Waals surface area contributed by atoms with Crippen LogP contribution in [0.25, 0.3) is 0 Å². The van der Waals surface area contributed by atoms with Gasteiger partial charge in [0.2, 0.25) is 11.8 Å². The topological polar surface area (TPSA) is 157 Å². The Labute approximate surface area is 448 Å². The molecule has 0 radical (unpaired) electrons. The zero-order valence-electron chi connectivity index (χ0n) is 44.2. The molecule has 4 heterocycles. The zero-order chi connectivity index (χ0) is 52.7. The van der Waals surface area contributed by atoms with Crippen molar-refractivity contribution in [1.29, 1.82) is 0 Å². The van der Waals surface area contributed by atoms with E-state index in [0.29, 0.717) is 35.7 Å². The monoisotopic (exact) mass is 1040 g/mol. The molecule has 74 heavy (non-hydrogen) atoms. The SMILES string of the molecule is CC(C)(C)CC1NC(C(=O)CC2CCC(O)CC2)C(Cc2ccccc2)C12C(=O)Nc1cc(Cl)ccc12.CC(C)(C)C[C@@H]1N[C@@H](C(=O)CC2CCC(O)CC2)[C@H](Cc2ccccc2)[C@]12C(=O)Nc1cc(Cl)ccc12. The van der Waals surface area contributed by atoms with E-state index in [1.807, 2.05) is 72.8 Å². The van der Waals surface area contributed by atoms with Gasteiger partial charge < -0.3 is 31.5 Å². The molecule has 2 spiro atoms. The molecule has 12 heteroatoms. The van der Waals surface area contributed by atoms with Crippen LogP contribution in [0.3, 0.4) is 0 Å². The number of carbonyl (C=O) groups is 4. The van der Waals surface area contributed by atoms with Gasteiger partial charge in [0, 0.05) is 58.2 Å². The molecule has 0 bridgehead atoms. The maximum absolute atomic E-state index is 14.1. The van der Waals surface area contributed by atoms with Crippen LogP contribution in [0, 0.1) is 34.5 Å². The number of rotatable bonds is 12. The minimum atomic E-state index is -0.869. The molecule has 2 amide bonds. The average Bonchev–Trinajstić information content (AvgIpc) is 4.02. The molecule has 2 aliphatic carbocycles. The molecular weight excluding hydrogens is 968 g/mol. The highest BCUT2D eigenvalue weighted by molar-refractivity contribution is 6.31. The Bertz CT molecular complexity index is 2490. The summed E-state index contributed by atoms with van der Waals surface area (Å²) in [7, 11) is 0. The van der Waals surface area contributed by atoms with Gasteiger partial charge in [0.15, 0.2) is 0 Å². The Hall–Kier alpha value is -4.42. The van der Waals surface area contributed by atoms with Crippen LogP contribution in [0.5, 0.6) is 0 Å². The standard InChI is InChI=1S/2C31H39ClN2O3/c2*1-30(2,3)18-27-31(23-14-11-21(32)17-25(23)33-29(31)37)24(15-19-7-5-4-6-8-19)28(34-27)26(36)16-20-9-12-22(35)13-10-20/h2*4-8,11,14,17,20,22,24,27-28,34-35H,9-10,12-13,15-16,18H2,1-3H3,(H,33,37)/t20?,22?,24-,27-,28+,31-;/m0./s1. The van der Waals surface area contributed by atoms with E-state index in [1.165, 1.54) is 0 Å². The molecule has 2 saturated carbocycles. The summed E-state index contributed by atoms with van der Waals surface area (Å²) < 4.78 is 0. The highest BCUT2D eigenvalue weighted by Crippen LogP contribution is 2.56. The number of anilines is 2. The van der Waals surface area contributed by atoms with Crippen molar-refractivity contribution >= 4 is 58.0 Å². The van der Waals surface area contributed by atoms with Crippen LogP contribution in [0.15, 0.2) is 97.1 Å². The Morgan fingerprint density at radius 1 is 0.541 bits per heavy atom. The number of carbonyl (C=O) groups excluding carboxylic acids is 4. The molecule has 8 atom stereocenters. The van der Waals surface area contributed by atoms with E-state index >= 15 is 0 Å². The maximum Gasteiger partial charge on any atom is 0.237 e. The first kappa shape index (κ1) is 54.4. The quantitative estimate of drug-likeness (QED) is 0.0819. The Balaban J connectivity index is 0.000000182. The molecular formula is C62H78Cl2N4O6. The van der Waals surface area contributed by atoms with Gasteiger partial charge in [-0.3, -0.25) is 19.2 Å². The molecule has 4 fully saturated rings. The molecule has 2 saturated heterocycles. The first-order chi connectivity index (χ1) is 35.1. The van der Waals surface area contributed by atoms with Gasteiger partial charge in [-0.15, -0.1) is 0 Å². The molecule has 4 unspecified atom stereocenters. The van der Waals surface area contributed by atoms with Gasteiger partial charge in [-0.05, 0) is 146 Å². The second-order valence-electron chi connectivity index (χ2n) is 25.2. The summed E-state index contributed by atoms with van der Waals surface area (Å²) in [5.41, 5.74) is 3.82. The fourth-order valence-corrected chi connectivity index (χ4v) is 14.5. The van der Waals surface area contributed by atoms with Crippen molar-refractivity contribution in [3.63, 3.8) is 0 Å². The van der Waals surface area contributed by atoms with E-state index in [4.69, 9.17) is 23.2 Å². The van der Waals surface area contributed by atoms with Crippen molar-refractivity contribution in [3.05, 3.63) is 129 Å². The summed E-state index contributed by atoms with van der Waals surface area (Å²) in [4.78, 5) is 56.3. The van der Waals surface area contributed by atoms with Crippen LogP contribution < -0.4 is 21.3 Å². The van der Waals surface area contributed by atoms with E-state index in [1.54, 1.807) is 0 Å². The number of amides is 2. The van der Waals surface area contributed by atoms with Gasteiger partial charge in [0.1, 0.15) is 11.6 Å². The van der Waals surface area contributed by atoms with Crippen LogP contribution in [0.4, 0.5) is 11.4 Å². The molecule has 10 rings (SSSR count). The number of hydrogen-bond acceptors (Lipinski definition) is 8. The van der Waals surface area contributed by atoms with Crippen LogP contribution in [-0.4, -0.2) is 70.0 Å². The largest absolute Gasteiger partial charge is 0.393 e. The summed E-state index contributed by atoms with van der Waals surface area (Å²) >= 11 is 12.7. The molecule has 6 aliphatic rings. The predicted octanol–water partition coefficient (Wildman–Crippen LogP) is 11.4. The Morgan fingerprint density at radius 3 is 1.23 bits per heavy atom. The van der Waals surface area contributed by atoms with Crippen molar-refractivity contribution < 1.29 is 29.4 Å². The van der Waals surface area contributed by atoms with Crippen molar-refractivity contribution in [1.82, 2.24) is 10.6 Å². The minimum Gasteiger partial charge on any atom is -0.393 e. The molecule has 4 aliphatic heterocycles. The predicted molar refractivity (Wildman–Crippen MR) is 296 cm³/mol. The smallest absolute Gasteiger partial charge is 0.237 e. The molecule has 4 aromatic carbocycles. The maximum atomic E-state index is 14.1. The lowest BCUT2D eigenvalue weighted by molar-refractivity contribution is -0.126. The van der Waals surface area contributed by atoms with Gasteiger partial charge in [-0.1, -0.05) is 138 Å². The molecule has 0 aromatic heterocycles. The first-order valence-electron chi connectivity index (χ1n) is 27.4. The van der Waals surface area contributed by atoms with Gasteiger partial charge in [-0.2, -0.15) is 0 Å². The van der Waals surface area contributed by atoms with Crippen molar-refractivity contribution in [3.8, 4) is 0 Å². The second kappa shape index (κ2) is 21.9. The van der Waals surface area contributed by atoms with Crippen molar-refractivity contribution in [2.75, 3.05) is 10.6 Å². The lowest BCUT2D eigenvalue weighted by Crippen LogP contribution is -2.50. The van der Waals surface area contributed by atoms with Crippen molar-refractivity contribution in [2.24, 2.45) is 34.5 Å². The fourth-order valence-electron chi connectivity index (χ4n) is 14.2. The van der Waals surface area contributed by atoms with Gasteiger partial charge in [-0.25, -0.2) is 0 Å². The van der Waals surface area contributed by atoms with Gasteiger partial charge in [0.25, 0.3) is 0 Å². The van der Waals surface area contributed by atoms with E-state index in [9.17, 15) is 29.4 Å². The first-order valence-corrected chi connectivity index (χ1v) is 28.2. The Morgan fingerprint density at radius 2 is 0.892 bits per heavy atom. The van der Waals surface area contributed by atoms with E-state index in [2.05, 4.69) is 87.1 Å². The van der Waals surface area contributed by atoms with Crippen LogP contribution in [0.2, 0.25) is 10.0 Å². The average molecular weight is 1050 g/mol.